The summed E-state index contributed by atoms with van der Waals surface area (Å²) in [4.78, 5) is 0. The molecule has 0 aliphatic heterocycles. The van der Waals surface area contributed by atoms with Crippen molar-refractivity contribution in [3.05, 3.63) is 36.0 Å². The summed E-state index contributed by atoms with van der Waals surface area (Å²) in [5.74, 6) is 0.968. The van der Waals surface area contributed by atoms with Crippen molar-refractivity contribution in [2.45, 2.75) is 38.6 Å². The second kappa shape index (κ2) is 5.57. The normalized spacial score (nSPS) is 17.7. The molecular formula is C16H21N3O. The van der Waals surface area contributed by atoms with E-state index in [1.807, 2.05) is 12.1 Å². The Morgan fingerprint density at radius 2 is 2.05 bits per heavy atom. The monoisotopic (exact) mass is 271 g/mol. The van der Waals surface area contributed by atoms with Crippen LogP contribution in [0.15, 0.2) is 35.6 Å². The van der Waals surface area contributed by atoms with Gasteiger partial charge in [0, 0.05) is 29.2 Å². The Hall–Kier alpha value is -1.97. The Bertz CT molecular complexity index is 624. The van der Waals surface area contributed by atoms with E-state index in [9.17, 15) is 0 Å². The van der Waals surface area contributed by atoms with E-state index in [1.54, 1.807) is 0 Å². The van der Waals surface area contributed by atoms with E-state index < -0.39 is 0 Å². The third-order valence-electron chi connectivity index (χ3n) is 4.35. The van der Waals surface area contributed by atoms with Crippen molar-refractivity contribution in [3.8, 4) is 0 Å². The van der Waals surface area contributed by atoms with Crippen molar-refractivity contribution in [2.24, 2.45) is 16.8 Å². The van der Waals surface area contributed by atoms with Crippen LogP contribution in [0.2, 0.25) is 0 Å². The molecule has 3 rings (SSSR count). The van der Waals surface area contributed by atoms with Crippen LogP contribution in [-0.4, -0.2) is 15.6 Å². The molecule has 1 heterocycles. The summed E-state index contributed by atoms with van der Waals surface area (Å²) >= 11 is 0. The largest absolute Gasteiger partial charge is 0.409 e. The van der Waals surface area contributed by atoms with Gasteiger partial charge >= 0.3 is 0 Å². The minimum absolute atomic E-state index is 0.159. The second-order valence-electron chi connectivity index (χ2n) is 5.73. The summed E-state index contributed by atoms with van der Waals surface area (Å²) < 4.78 is 2.33. The van der Waals surface area contributed by atoms with Crippen LogP contribution in [-0.2, 0) is 6.54 Å². The maximum absolute atomic E-state index is 8.74. The van der Waals surface area contributed by atoms with E-state index in [1.165, 1.54) is 37.6 Å². The van der Waals surface area contributed by atoms with E-state index in [0.29, 0.717) is 0 Å². The maximum Gasteiger partial charge on any atom is 0.170 e. The molecule has 1 aliphatic rings. The number of oxime groups is 1. The van der Waals surface area contributed by atoms with E-state index in [4.69, 9.17) is 10.9 Å². The minimum atomic E-state index is 0.159. The van der Waals surface area contributed by atoms with Gasteiger partial charge in [-0.25, -0.2) is 0 Å². The zero-order valence-corrected chi connectivity index (χ0v) is 11.6. The Kier molecular flexibility index (Phi) is 3.63. The Balaban J connectivity index is 1.85. The average molecular weight is 271 g/mol. The molecule has 0 atom stereocenters. The number of aromatic nitrogens is 1. The Labute approximate surface area is 118 Å². The lowest BCUT2D eigenvalue weighted by Gasteiger charge is -2.22. The van der Waals surface area contributed by atoms with Gasteiger partial charge in [0.2, 0.25) is 0 Å². The lowest BCUT2D eigenvalue weighted by atomic mass is 9.89. The van der Waals surface area contributed by atoms with E-state index in [0.717, 1.165) is 23.4 Å². The minimum Gasteiger partial charge on any atom is -0.409 e. The number of nitrogens with zero attached hydrogens (tertiary/aromatic N) is 2. The van der Waals surface area contributed by atoms with Crippen molar-refractivity contribution in [1.29, 1.82) is 0 Å². The fourth-order valence-electron chi connectivity index (χ4n) is 3.22. The van der Waals surface area contributed by atoms with Gasteiger partial charge in [-0.3, -0.25) is 0 Å². The molecule has 4 nitrogen and oxygen atoms in total. The molecule has 1 aromatic heterocycles. The van der Waals surface area contributed by atoms with Gasteiger partial charge in [0.25, 0.3) is 0 Å². The van der Waals surface area contributed by atoms with Crippen LogP contribution in [0.1, 0.15) is 37.7 Å². The molecule has 1 aromatic carbocycles. The quantitative estimate of drug-likeness (QED) is 0.389. The van der Waals surface area contributed by atoms with Gasteiger partial charge in [-0.05, 0) is 43.0 Å². The standard InChI is InChI=1S/C16H21N3O/c17-16(18-20)14-6-7-15-13(10-14)8-9-19(15)11-12-4-2-1-3-5-12/h6-10,12,20H,1-5,11H2,(H2,17,18). The third kappa shape index (κ3) is 2.50. The molecule has 0 saturated heterocycles. The predicted molar refractivity (Wildman–Crippen MR) is 81.0 cm³/mol. The summed E-state index contributed by atoms with van der Waals surface area (Å²) in [6, 6.07) is 8.05. The fourth-order valence-corrected chi connectivity index (χ4v) is 3.22. The molecule has 1 aliphatic carbocycles. The number of benzene rings is 1. The summed E-state index contributed by atoms with van der Waals surface area (Å²) in [7, 11) is 0. The molecule has 3 N–H and O–H groups in total. The highest BCUT2D eigenvalue weighted by atomic mass is 16.4. The number of amidine groups is 1. The van der Waals surface area contributed by atoms with Crippen LogP contribution in [0.4, 0.5) is 0 Å². The zero-order chi connectivity index (χ0) is 13.9. The Morgan fingerprint density at radius 3 is 2.80 bits per heavy atom. The predicted octanol–water partition coefficient (Wildman–Crippen LogP) is 3.32. The van der Waals surface area contributed by atoms with Crippen LogP contribution in [0.5, 0.6) is 0 Å². The maximum atomic E-state index is 8.74. The molecule has 1 fully saturated rings. The molecule has 0 bridgehead atoms. The summed E-state index contributed by atoms with van der Waals surface area (Å²) in [6.45, 7) is 1.10. The first-order chi connectivity index (χ1) is 9.78. The van der Waals surface area contributed by atoms with Gasteiger partial charge in [0.15, 0.2) is 5.84 Å². The van der Waals surface area contributed by atoms with Crippen molar-refractivity contribution in [1.82, 2.24) is 4.57 Å². The molecule has 4 heteroatoms. The van der Waals surface area contributed by atoms with Gasteiger partial charge in [-0.2, -0.15) is 0 Å². The Morgan fingerprint density at radius 1 is 1.25 bits per heavy atom. The first-order valence-electron chi connectivity index (χ1n) is 7.35. The molecule has 0 unspecified atom stereocenters. The molecule has 0 amide bonds. The van der Waals surface area contributed by atoms with Gasteiger partial charge in [0.05, 0.1) is 0 Å². The highest BCUT2D eigenvalue weighted by Crippen LogP contribution is 2.27. The smallest absolute Gasteiger partial charge is 0.170 e. The van der Waals surface area contributed by atoms with Crippen molar-refractivity contribution in [3.63, 3.8) is 0 Å². The number of rotatable bonds is 3. The number of hydrogen-bond donors (Lipinski definition) is 2. The van der Waals surface area contributed by atoms with Crippen molar-refractivity contribution >= 4 is 16.7 Å². The summed E-state index contributed by atoms with van der Waals surface area (Å²) in [5, 5.41) is 12.9. The number of nitrogens with two attached hydrogens (primary N) is 1. The van der Waals surface area contributed by atoms with Crippen LogP contribution >= 0.6 is 0 Å². The topological polar surface area (TPSA) is 63.5 Å². The average Bonchev–Trinajstić information content (AvgIpc) is 2.90. The number of hydrogen-bond acceptors (Lipinski definition) is 2. The first kappa shape index (κ1) is 13.0. The van der Waals surface area contributed by atoms with Gasteiger partial charge in [-0.15, -0.1) is 0 Å². The second-order valence-corrected chi connectivity index (χ2v) is 5.73. The molecule has 0 radical (unpaired) electrons. The van der Waals surface area contributed by atoms with Gasteiger partial charge in [-0.1, -0.05) is 24.4 Å². The third-order valence-corrected chi connectivity index (χ3v) is 4.35. The van der Waals surface area contributed by atoms with E-state index >= 15 is 0 Å². The van der Waals surface area contributed by atoms with Crippen LogP contribution in [0, 0.1) is 5.92 Å². The first-order valence-corrected chi connectivity index (χ1v) is 7.35. The van der Waals surface area contributed by atoms with Crippen LogP contribution in [0.25, 0.3) is 10.9 Å². The lowest BCUT2D eigenvalue weighted by Crippen LogP contribution is -2.14. The highest BCUT2D eigenvalue weighted by Gasteiger charge is 2.15. The van der Waals surface area contributed by atoms with Crippen LogP contribution < -0.4 is 5.73 Å². The fraction of sp³-hybridized carbons (Fsp3) is 0.438. The zero-order valence-electron chi connectivity index (χ0n) is 11.6. The highest BCUT2D eigenvalue weighted by molar-refractivity contribution is 6.00. The molecular weight excluding hydrogens is 250 g/mol. The van der Waals surface area contributed by atoms with E-state index in [-0.39, 0.29) is 5.84 Å². The van der Waals surface area contributed by atoms with Crippen molar-refractivity contribution < 1.29 is 5.21 Å². The van der Waals surface area contributed by atoms with Gasteiger partial charge < -0.3 is 15.5 Å². The molecule has 0 spiro atoms. The van der Waals surface area contributed by atoms with Gasteiger partial charge in [0.1, 0.15) is 0 Å². The SMILES string of the molecule is N/C(=N/O)c1ccc2c(ccn2CC2CCCCC2)c1. The van der Waals surface area contributed by atoms with Crippen molar-refractivity contribution in [2.75, 3.05) is 0 Å². The lowest BCUT2D eigenvalue weighted by molar-refractivity contribution is 0.318. The molecule has 2 aromatic rings. The molecule has 106 valence electrons. The van der Waals surface area contributed by atoms with Crippen LogP contribution in [0.3, 0.4) is 0 Å². The molecule has 1 saturated carbocycles. The summed E-state index contributed by atoms with van der Waals surface area (Å²) in [6.07, 6.45) is 8.99. The van der Waals surface area contributed by atoms with E-state index in [2.05, 4.69) is 28.1 Å². The summed E-state index contributed by atoms with van der Waals surface area (Å²) in [5.41, 5.74) is 7.62. The molecule has 20 heavy (non-hydrogen) atoms. The number of fused-ring (bicyclic) bond motifs is 1.